The largest absolute Gasteiger partial charge is 0.394 e. The zero-order valence-corrected chi connectivity index (χ0v) is 9.72. The summed E-state index contributed by atoms with van der Waals surface area (Å²) in [6.45, 7) is -2.55. The Morgan fingerprint density at radius 1 is 1.17 bits per heavy atom. The molecule has 5 nitrogen and oxygen atoms in total. The molecule has 0 fully saturated rings. The Kier molecular flexibility index (Phi) is 5.32. The lowest BCUT2D eigenvalue weighted by atomic mass is 9.97. The summed E-state index contributed by atoms with van der Waals surface area (Å²) in [6, 6.07) is 8.65. The van der Waals surface area contributed by atoms with Gasteiger partial charge in [-0.2, -0.15) is 0 Å². The van der Waals surface area contributed by atoms with E-state index in [2.05, 4.69) is 0 Å². The van der Waals surface area contributed by atoms with Gasteiger partial charge < -0.3 is 25.5 Å². The third-order valence-electron chi connectivity index (χ3n) is 2.51. The molecule has 4 atom stereocenters. The van der Waals surface area contributed by atoms with Gasteiger partial charge in [0.1, 0.15) is 18.3 Å². The first-order valence-electron chi connectivity index (χ1n) is 6.07. The van der Waals surface area contributed by atoms with E-state index in [0.717, 1.165) is 0 Å². The molecule has 1 rings (SSSR count). The van der Waals surface area contributed by atoms with Crippen molar-refractivity contribution in [1.29, 1.82) is 0 Å². The van der Waals surface area contributed by atoms with Gasteiger partial charge in [-0.1, -0.05) is 36.4 Å². The topological polar surface area (TPSA) is 101 Å². The lowest BCUT2D eigenvalue weighted by Gasteiger charge is -2.22. The number of aliphatic hydroxyl groups is 5. The highest BCUT2D eigenvalue weighted by Crippen LogP contribution is 2.16. The molecule has 0 aliphatic rings. The van der Waals surface area contributed by atoms with Gasteiger partial charge in [-0.15, -0.1) is 0 Å². The maximum absolute atomic E-state index is 9.83. The number of benzene rings is 1. The molecule has 0 saturated heterocycles. The fraction of sp³-hybridized carbons (Fsp3) is 0.385. The van der Waals surface area contributed by atoms with E-state index in [4.69, 9.17) is 11.6 Å². The molecule has 0 heterocycles. The second-order valence-corrected chi connectivity index (χ2v) is 3.84. The highest BCUT2D eigenvalue weighted by atomic mass is 16.4. The third kappa shape index (κ3) is 3.90. The Labute approximate surface area is 107 Å². The molecule has 1 aromatic carbocycles. The Hall–Kier alpha value is -1.24. The first-order valence-corrected chi connectivity index (χ1v) is 5.49. The average Bonchev–Trinajstić information content (AvgIpc) is 2.43. The molecule has 0 aliphatic carbocycles. The standard InChI is InChI=1S/C13H18O5/c14-7-11(16)10(13(18)12(17)8-15)6-9-4-2-1-3-5-9/h1-6,11-18H,7-8H2/t11-,12+,13-/m0/s1/i7D/t7?,11-,12+,13-. The van der Waals surface area contributed by atoms with Crippen molar-refractivity contribution in [3.8, 4) is 0 Å². The van der Waals surface area contributed by atoms with Gasteiger partial charge in [0.05, 0.1) is 14.6 Å². The van der Waals surface area contributed by atoms with Crippen molar-refractivity contribution in [1.82, 2.24) is 0 Å². The lowest BCUT2D eigenvalue weighted by Crippen LogP contribution is -2.36. The molecule has 0 saturated carbocycles. The van der Waals surface area contributed by atoms with Gasteiger partial charge in [0, 0.05) is 0 Å². The summed E-state index contributed by atoms with van der Waals surface area (Å²) < 4.78 is 7.08. The molecular weight excluding hydrogens is 236 g/mol. The first kappa shape index (κ1) is 13.2. The van der Waals surface area contributed by atoms with E-state index in [1.807, 2.05) is 0 Å². The molecule has 5 N–H and O–H groups in total. The van der Waals surface area contributed by atoms with E-state index in [-0.39, 0.29) is 5.57 Å². The third-order valence-corrected chi connectivity index (χ3v) is 2.51. The van der Waals surface area contributed by atoms with Gasteiger partial charge >= 0.3 is 0 Å². The maximum atomic E-state index is 9.83. The predicted octanol–water partition coefficient (Wildman–Crippen LogP) is -0.863. The van der Waals surface area contributed by atoms with Crippen molar-refractivity contribution in [3.63, 3.8) is 0 Å². The predicted molar refractivity (Wildman–Crippen MR) is 66.6 cm³/mol. The number of aliphatic hydroxyl groups excluding tert-OH is 5. The van der Waals surface area contributed by atoms with Crippen molar-refractivity contribution in [2.75, 3.05) is 13.2 Å². The van der Waals surface area contributed by atoms with Crippen LogP contribution in [0, 0.1) is 0 Å². The number of rotatable bonds is 6. The summed E-state index contributed by atoms with van der Waals surface area (Å²) in [6.07, 6.45) is -3.36. The Bertz CT molecular complexity index is 407. The summed E-state index contributed by atoms with van der Waals surface area (Å²) in [5, 5.41) is 46.8. The minimum absolute atomic E-state index is 0.129. The van der Waals surface area contributed by atoms with Crippen LogP contribution >= 0.6 is 0 Å². The number of hydrogen-bond acceptors (Lipinski definition) is 5. The van der Waals surface area contributed by atoms with Crippen molar-refractivity contribution in [2.24, 2.45) is 0 Å². The SMILES string of the molecule is [2H]C(O)[C@H](O)C(=Cc1ccccc1)[C@H](O)[C@H](O)CO. The molecule has 0 aromatic heterocycles. The summed E-state index contributed by atoms with van der Waals surface area (Å²) in [4.78, 5) is 0. The Balaban J connectivity index is 3.09. The molecule has 1 aromatic rings. The zero-order valence-electron chi connectivity index (χ0n) is 10.7. The Morgan fingerprint density at radius 2 is 1.78 bits per heavy atom. The Morgan fingerprint density at radius 3 is 2.28 bits per heavy atom. The highest BCUT2D eigenvalue weighted by molar-refractivity contribution is 5.55. The van der Waals surface area contributed by atoms with Crippen molar-refractivity contribution in [2.45, 2.75) is 18.3 Å². The molecule has 0 bridgehead atoms. The van der Waals surface area contributed by atoms with E-state index >= 15 is 0 Å². The van der Waals surface area contributed by atoms with Gasteiger partial charge in [0.15, 0.2) is 0 Å². The summed E-state index contributed by atoms with van der Waals surface area (Å²) in [5.74, 6) is 0. The van der Waals surface area contributed by atoms with Crippen LogP contribution in [0.1, 0.15) is 6.93 Å². The van der Waals surface area contributed by atoms with Crippen molar-refractivity contribution in [3.05, 3.63) is 41.5 Å². The van der Waals surface area contributed by atoms with Gasteiger partial charge in [-0.05, 0) is 11.1 Å². The minimum Gasteiger partial charge on any atom is -0.394 e. The zero-order chi connectivity index (χ0) is 14.4. The highest BCUT2D eigenvalue weighted by Gasteiger charge is 2.24. The monoisotopic (exact) mass is 255 g/mol. The molecule has 0 radical (unpaired) electrons. The van der Waals surface area contributed by atoms with Crippen molar-refractivity contribution >= 4 is 6.08 Å². The summed E-state index contributed by atoms with van der Waals surface area (Å²) in [7, 11) is 0. The van der Waals surface area contributed by atoms with Crippen molar-refractivity contribution < 1.29 is 26.9 Å². The normalized spacial score (nSPS) is 19.8. The fourth-order valence-electron chi connectivity index (χ4n) is 1.50. The molecule has 0 amide bonds. The number of hydrogen-bond donors (Lipinski definition) is 5. The van der Waals surface area contributed by atoms with Crippen LogP contribution < -0.4 is 0 Å². The van der Waals surface area contributed by atoms with E-state index in [1.165, 1.54) is 6.08 Å². The van der Waals surface area contributed by atoms with Crippen LogP contribution in [-0.2, 0) is 0 Å². The summed E-state index contributed by atoms with van der Waals surface area (Å²) in [5.41, 5.74) is 0.497. The molecule has 100 valence electrons. The van der Waals surface area contributed by atoms with Crippen LogP contribution in [-0.4, -0.2) is 57.0 Å². The quantitative estimate of drug-likeness (QED) is 0.455. The van der Waals surface area contributed by atoms with Gasteiger partial charge in [0.2, 0.25) is 0 Å². The molecule has 0 spiro atoms. The average molecular weight is 255 g/mol. The van der Waals surface area contributed by atoms with E-state index in [0.29, 0.717) is 5.56 Å². The molecule has 18 heavy (non-hydrogen) atoms. The second kappa shape index (κ2) is 7.25. The van der Waals surface area contributed by atoms with E-state index < -0.39 is 31.5 Å². The lowest BCUT2D eigenvalue weighted by molar-refractivity contribution is -0.00976. The molecular formula is C13H18O5. The molecule has 5 heteroatoms. The van der Waals surface area contributed by atoms with Gasteiger partial charge in [-0.3, -0.25) is 0 Å². The van der Waals surface area contributed by atoms with Crippen LogP contribution in [0.2, 0.25) is 0 Å². The van der Waals surface area contributed by atoms with Crippen LogP contribution in [0.15, 0.2) is 35.9 Å². The summed E-state index contributed by atoms with van der Waals surface area (Å²) >= 11 is 0. The van der Waals surface area contributed by atoms with Gasteiger partial charge in [0.25, 0.3) is 0 Å². The van der Waals surface area contributed by atoms with Crippen LogP contribution in [0.25, 0.3) is 6.08 Å². The fourth-order valence-corrected chi connectivity index (χ4v) is 1.50. The van der Waals surface area contributed by atoms with Crippen LogP contribution in [0.4, 0.5) is 0 Å². The molecule has 0 aliphatic heterocycles. The second-order valence-electron chi connectivity index (χ2n) is 3.84. The van der Waals surface area contributed by atoms with Crippen LogP contribution in [0.3, 0.4) is 0 Å². The minimum atomic E-state index is -1.85. The molecule has 1 unspecified atom stereocenters. The maximum Gasteiger partial charge on any atom is 0.107 e. The smallest absolute Gasteiger partial charge is 0.107 e. The van der Waals surface area contributed by atoms with Crippen LogP contribution in [0.5, 0.6) is 0 Å². The van der Waals surface area contributed by atoms with E-state index in [9.17, 15) is 15.3 Å². The first-order chi connectivity index (χ1) is 8.97. The van der Waals surface area contributed by atoms with E-state index in [1.54, 1.807) is 30.3 Å². The van der Waals surface area contributed by atoms with Gasteiger partial charge in [-0.25, -0.2) is 0 Å².